The molecule has 0 amide bonds. The average molecular weight is 454 g/mol. The molecular formula is C26H28ClNO4. The van der Waals surface area contributed by atoms with Crippen LogP contribution in [0.1, 0.15) is 16.7 Å². The Bertz CT molecular complexity index is 1090. The number of phenols is 1. The lowest BCUT2D eigenvalue weighted by molar-refractivity contribution is 0.230. The number of rotatable bonds is 7. The van der Waals surface area contributed by atoms with E-state index in [4.69, 9.17) is 25.8 Å². The second-order valence-electron chi connectivity index (χ2n) is 7.85. The summed E-state index contributed by atoms with van der Waals surface area (Å²) in [5, 5.41) is 11.1. The third kappa shape index (κ3) is 4.36. The Morgan fingerprint density at radius 3 is 2.41 bits per heavy atom. The molecule has 0 saturated heterocycles. The van der Waals surface area contributed by atoms with Crippen LogP contribution in [0.4, 0.5) is 0 Å². The zero-order chi connectivity index (χ0) is 22.7. The van der Waals surface area contributed by atoms with Crippen molar-refractivity contribution >= 4 is 11.6 Å². The number of benzene rings is 3. The number of ether oxygens (including phenoxy) is 3. The summed E-state index contributed by atoms with van der Waals surface area (Å²) in [6, 6.07) is 17.8. The molecule has 3 aromatic rings. The lowest BCUT2D eigenvalue weighted by Gasteiger charge is -2.34. The van der Waals surface area contributed by atoms with Crippen LogP contribution < -0.4 is 14.2 Å². The highest BCUT2D eigenvalue weighted by atomic mass is 35.5. The van der Waals surface area contributed by atoms with Crippen LogP contribution in [0.5, 0.6) is 23.0 Å². The Hall–Kier alpha value is -2.89. The highest BCUT2D eigenvalue weighted by Crippen LogP contribution is 2.47. The molecule has 32 heavy (non-hydrogen) atoms. The maximum atomic E-state index is 11.1. The summed E-state index contributed by atoms with van der Waals surface area (Å²) < 4.78 is 16.5. The molecule has 168 valence electrons. The van der Waals surface area contributed by atoms with E-state index in [1.165, 1.54) is 5.56 Å². The van der Waals surface area contributed by atoms with Gasteiger partial charge < -0.3 is 19.3 Å². The van der Waals surface area contributed by atoms with Crippen LogP contribution in [0.25, 0.3) is 11.1 Å². The quantitative estimate of drug-likeness (QED) is 0.391. The molecule has 1 heterocycles. The first-order chi connectivity index (χ1) is 15.5. The van der Waals surface area contributed by atoms with Crippen molar-refractivity contribution < 1.29 is 19.3 Å². The Morgan fingerprint density at radius 2 is 1.72 bits per heavy atom. The molecule has 0 aliphatic carbocycles. The van der Waals surface area contributed by atoms with Crippen LogP contribution in [0.2, 0.25) is 0 Å². The van der Waals surface area contributed by atoms with Gasteiger partial charge in [0.25, 0.3) is 0 Å². The van der Waals surface area contributed by atoms with E-state index in [9.17, 15) is 5.11 Å². The van der Waals surface area contributed by atoms with Gasteiger partial charge in [-0.3, -0.25) is 4.90 Å². The molecule has 1 aliphatic heterocycles. The van der Waals surface area contributed by atoms with Crippen molar-refractivity contribution in [1.82, 2.24) is 4.90 Å². The van der Waals surface area contributed by atoms with E-state index in [-0.39, 0.29) is 11.3 Å². The van der Waals surface area contributed by atoms with Crippen molar-refractivity contribution in [3.05, 3.63) is 71.3 Å². The third-order valence-corrected chi connectivity index (χ3v) is 6.47. The normalized spacial score (nSPS) is 14.5. The smallest absolute Gasteiger partial charge is 0.166 e. The van der Waals surface area contributed by atoms with Crippen LogP contribution in [-0.4, -0.2) is 43.4 Å². The lowest BCUT2D eigenvalue weighted by atomic mass is 9.89. The minimum absolute atomic E-state index is 0.103. The Kier molecular flexibility index (Phi) is 6.77. The molecule has 0 aromatic heterocycles. The molecule has 0 radical (unpaired) electrons. The Labute approximate surface area is 194 Å². The summed E-state index contributed by atoms with van der Waals surface area (Å²) in [5.41, 5.74) is 4.74. The third-order valence-electron chi connectivity index (χ3n) is 6.04. The highest BCUT2D eigenvalue weighted by Gasteiger charge is 2.29. The number of aromatic hydroxyl groups is 1. The molecule has 0 fully saturated rings. The Morgan fingerprint density at radius 1 is 0.969 bits per heavy atom. The summed E-state index contributed by atoms with van der Waals surface area (Å²) in [5.74, 6) is 1.87. The SMILES string of the molecule is COc1ccc(-c2c(O)c(OC)cc3c2CN(C(Cl)Cc2ccccc2)CC3)c(OC)c1. The number of methoxy groups -OCH3 is 3. The number of halogens is 1. The van der Waals surface area contributed by atoms with Gasteiger partial charge in [-0.25, -0.2) is 0 Å². The lowest BCUT2D eigenvalue weighted by Crippen LogP contribution is -2.37. The monoisotopic (exact) mass is 453 g/mol. The van der Waals surface area contributed by atoms with Gasteiger partial charge in [0, 0.05) is 36.7 Å². The summed E-state index contributed by atoms with van der Waals surface area (Å²) in [4.78, 5) is 2.25. The predicted octanol–water partition coefficient (Wildman–Crippen LogP) is 5.25. The summed E-state index contributed by atoms with van der Waals surface area (Å²) in [6.45, 7) is 1.46. The van der Waals surface area contributed by atoms with Gasteiger partial charge in [-0.2, -0.15) is 0 Å². The molecule has 1 N–H and O–H groups in total. The van der Waals surface area contributed by atoms with E-state index in [2.05, 4.69) is 17.0 Å². The molecule has 4 rings (SSSR count). The molecule has 1 unspecified atom stereocenters. The standard InChI is InChI=1S/C26H28ClNO4/c1-30-19-9-10-20(22(15-19)31-2)25-21-16-28(24(27)13-17-7-5-4-6-8-17)12-11-18(21)14-23(32-3)26(25)29/h4-10,14-15,24,29H,11-13,16H2,1-3H3. The minimum atomic E-state index is -0.152. The van der Waals surface area contributed by atoms with Gasteiger partial charge in [-0.1, -0.05) is 30.3 Å². The fourth-order valence-electron chi connectivity index (χ4n) is 4.32. The maximum absolute atomic E-state index is 11.1. The van der Waals surface area contributed by atoms with Crippen LogP contribution in [0, 0.1) is 0 Å². The number of phenolic OH excluding ortho intramolecular Hbond substituents is 1. The second kappa shape index (κ2) is 9.72. The topological polar surface area (TPSA) is 51.2 Å². The van der Waals surface area contributed by atoms with E-state index in [1.807, 2.05) is 42.5 Å². The molecule has 1 aliphatic rings. The molecule has 5 nitrogen and oxygen atoms in total. The fourth-order valence-corrected chi connectivity index (χ4v) is 4.66. The van der Waals surface area contributed by atoms with E-state index in [0.717, 1.165) is 36.1 Å². The van der Waals surface area contributed by atoms with Crippen molar-refractivity contribution in [2.45, 2.75) is 24.9 Å². The average Bonchev–Trinajstić information content (AvgIpc) is 2.83. The molecule has 1 atom stereocenters. The minimum Gasteiger partial charge on any atom is -0.504 e. The second-order valence-corrected chi connectivity index (χ2v) is 8.35. The van der Waals surface area contributed by atoms with Crippen molar-refractivity contribution in [3.8, 4) is 34.1 Å². The van der Waals surface area contributed by atoms with Crippen molar-refractivity contribution in [1.29, 1.82) is 0 Å². The molecule has 6 heteroatoms. The van der Waals surface area contributed by atoms with Gasteiger partial charge in [0.05, 0.1) is 26.8 Å². The molecule has 3 aromatic carbocycles. The first kappa shape index (κ1) is 22.3. The van der Waals surface area contributed by atoms with Crippen LogP contribution in [-0.2, 0) is 19.4 Å². The maximum Gasteiger partial charge on any atom is 0.166 e. The fraction of sp³-hybridized carbons (Fsp3) is 0.308. The zero-order valence-electron chi connectivity index (χ0n) is 18.6. The summed E-state index contributed by atoms with van der Waals surface area (Å²) in [6.07, 6.45) is 1.57. The number of hydrogen-bond acceptors (Lipinski definition) is 5. The zero-order valence-corrected chi connectivity index (χ0v) is 19.4. The highest BCUT2D eigenvalue weighted by molar-refractivity contribution is 6.20. The van der Waals surface area contributed by atoms with Crippen molar-refractivity contribution in [2.75, 3.05) is 27.9 Å². The van der Waals surface area contributed by atoms with Gasteiger partial charge in [-0.15, -0.1) is 11.6 Å². The number of nitrogens with zero attached hydrogens (tertiary/aromatic N) is 1. The van der Waals surface area contributed by atoms with Gasteiger partial charge in [0.1, 0.15) is 11.5 Å². The first-order valence-corrected chi connectivity index (χ1v) is 11.1. The number of fused-ring (bicyclic) bond motifs is 1. The first-order valence-electron chi connectivity index (χ1n) is 10.6. The van der Waals surface area contributed by atoms with Crippen LogP contribution in [0.3, 0.4) is 0 Å². The van der Waals surface area contributed by atoms with Gasteiger partial charge >= 0.3 is 0 Å². The Balaban J connectivity index is 1.75. The van der Waals surface area contributed by atoms with Gasteiger partial charge in [-0.05, 0) is 41.3 Å². The number of hydrogen-bond donors (Lipinski definition) is 1. The van der Waals surface area contributed by atoms with Gasteiger partial charge in [0.15, 0.2) is 11.5 Å². The predicted molar refractivity (Wildman–Crippen MR) is 127 cm³/mol. The molecule has 0 bridgehead atoms. The van der Waals surface area contributed by atoms with Crippen LogP contribution >= 0.6 is 11.6 Å². The summed E-state index contributed by atoms with van der Waals surface area (Å²) >= 11 is 6.85. The van der Waals surface area contributed by atoms with Crippen molar-refractivity contribution in [2.24, 2.45) is 0 Å². The molecule has 0 spiro atoms. The van der Waals surface area contributed by atoms with E-state index >= 15 is 0 Å². The molecule has 0 saturated carbocycles. The van der Waals surface area contributed by atoms with Gasteiger partial charge in [0.2, 0.25) is 0 Å². The molecular weight excluding hydrogens is 426 g/mol. The van der Waals surface area contributed by atoms with E-state index in [0.29, 0.717) is 29.4 Å². The van der Waals surface area contributed by atoms with Crippen molar-refractivity contribution in [3.63, 3.8) is 0 Å². The van der Waals surface area contributed by atoms with Crippen LogP contribution in [0.15, 0.2) is 54.6 Å². The van der Waals surface area contributed by atoms with E-state index in [1.54, 1.807) is 21.3 Å². The summed E-state index contributed by atoms with van der Waals surface area (Å²) in [7, 11) is 4.80. The largest absolute Gasteiger partial charge is 0.504 e. The van der Waals surface area contributed by atoms with E-state index < -0.39 is 0 Å². The number of alkyl halides is 1.